The molecule has 224 valence electrons. The average Bonchev–Trinajstić information content (AvgIpc) is 2.88. The zero-order valence-electron chi connectivity index (χ0n) is 24.5. The van der Waals surface area contributed by atoms with Gasteiger partial charge in [0, 0.05) is 50.1 Å². The molecule has 4 aliphatic heterocycles. The minimum atomic E-state index is -0.499. The van der Waals surface area contributed by atoms with Gasteiger partial charge < -0.3 is 24.0 Å². The van der Waals surface area contributed by atoms with Crippen LogP contribution < -0.4 is 9.64 Å². The van der Waals surface area contributed by atoms with Crippen molar-refractivity contribution in [3.8, 4) is 6.01 Å². The van der Waals surface area contributed by atoms with E-state index in [2.05, 4.69) is 30.7 Å². The predicted octanol–water partition coefficient (Wildman–Crippen LogP) is 5.17. The van der Waals surface area contributed by atoms with Crippen molar-refractivity contribution in [2.45, 2.75) is 77.5 Å². The van der Waals surface area contributed by atoms with Gasteiger partial charge in [0.1, 0.15) is 23.0 Å². The Morgan fingerprint density at radius 1 is 1.15 bits per heavy atom. The number of hydrogen-bond acceptors (Lipinski definition) is 8. The number of halogens is 2. The number of carbonyl (C=O) groups excluding carboxylic acids is 1. The summed E-state index contributed by atoms with van der Waals surface area (Å²) in [5, 5.41) is 0.717. The first-order valence-corrected chi connectivity index (χ1v) is 15.7. The standard InChI is InChI=1S/C30H41BrFN5O4/c1-5-19-14-22-25(24(32)23(19)31)33-27(40-21-6-10-35(11-7-21)20-15-39-16-20)34-26(22)36-12-8-30(9-13-36)17-37(18-30)28(38)41-29(2,3)4/h14,20-21H,5-13,15-18H2,1-4H3. The van der Waals surface area contributed by atoms with Crippen LogP contribution in [0.1, 0.15) is 58.9 Å². The van der Waals surface area contributed by atoms with Crippen molar-refractivity contribution in [1.29, 1.82) is 0 Å². The molecule has 0 saturated carbocycles. The van der Waals surface area contributed by atoms with Crippen molar-refractivity contribution in [2.24, 2.45) is 5.41 Å². The molecule has 1 aromatic carbocycles. The SMILES string of the molecule is CCc1cc2c(N3CCC4(CC3)CN(C(=O)OC(C)(C)C)C4)nc(OC3CCN(C4COC4)CC3)nc2c(F)c1Br. The van der Waals surface area contributed by atoms with Crippen molar-refractivity contribution in [3.63, 3.8) is 0 Å². The number of benzene rings is 1. The number of piperidine rings is 2. The van der Waals surface area contributed by atoms with Gasteiger partial charge in [0.05, 0.1) is 23.7 Å². The Hall–Kier alpha value is -2.24. The normalized spacial score (nSPS) is 22.1. The maximum Gasteiger partial charge on any atom is 0.410 e. The molecule has 4 fully saturated rings. The maximum atomic E-state index is 15.7. The van der Waals surface area contributed by atoms with Crippen LogP contribution in [-0.4, -0.2) is 96.1 Å². The molecule has 6 rings (SSSR count). The highest BCUT2D eigenvalue weighted by molar-refractivity contribution is 9.10. The van der Waals surface area contributed by atoms with E-state index in [-0.39, 0.29) is 35.0 Å². The summed E-state index contributed by atoms with van der Waals surface area (Å²) in [6.07, 6.45) is 4.07. The second-order valence-corrected chi connectivity index (χ2v) is 13.9. The van der Waals surface area contributed by atoms with Crippen LogP contribution in [0, 0.1) is 11.2 Å². The van der Waals surface area contributed by atoms with E-state index in [0.29, 0.717) is 30.0 Å². The van der Waals surface area contributed by atoms with Crippen molar-refractivity contribution >= 4 is 38.7 Å². The molecule has 2 aromatic rings. The topological polar surface area (TPSA) is 80.3 Å². The van der Waals surface area contributed by atoms with Gasteiger partial charge in [0.15, 0.2) is 5.82 Å². The smallest absolute Gasteiger partial charge is 0.410 e. The lowest BCUT2D eigenvalue weighted by atomic mass is 9.72. The average molecular weight is 635 g/mol. The summed E-state index contributed by atoms with van der Waals surface area (Å²) in [6.45, 7) is 14.2. The second kappa shape index (κ2) is 11.1. The quantitative estimate of drug-likeness (QED) is 0.446. The molecule has 1 amide bonds. The Morgan fingerprint density at radius 2 is 1.83 bits per heavy atom. The number of nitrogens with zero attached hydrogens (tertiary/aromatic N) is 5. The first-order valence-electron chi connectivity index (χ1n) is 14.9. The molecule has 0 N–H and O–H groups in total. The van der Waals surface area contributed by atoms with E-state index < -0.39 is 5.60 Å². The number of anilines is 1. The molecule has 0 atom stereocenters. The lowest BCUT2D eigenvalue weighted by molar-refractivity contribution is -0.0781. The number of ether oxygens (including phenoxy) is 3. The molecule has 0 unspecified atom stereocenters. The number of likely N-dealkylation sites (tertiary alicyclic amines) is 2. The van der Waals surface area contributed by atoms with E-state index in [4.69, 9.17) is 19.2 Å². The van der Waals surface area contributed by atoms with Gasteiger partial charge in [-0.1, -0.05) is 6.92 Å². The van der Waals surface area contributed by atoms with Gasteiger partial charge in [-0.3, -0.25) is 4.90 Å². The van der Waals surface area contributed by atoms with Gasteiger partial charge in [-0.05, 0) is 80.4 Å². The van der Waals surface area contributed by atoms with Gasteiger partial charge in [-0.25, -0.2) is 9.18 Å². The van der Waals surface area contributed by atoms with E-state index in [9.17, 15) is 4.79 Å². The van der Waals surface area contributed by atoms with Crippen LogP contribution in [-0.2, 0) is 15.9 Å². The minimum Gasteiger partial charge on any atom is -0.460 e. The van der Waals surface area contributed by atoms with Crippen LogP contribution in [0.15, 0.2) is 10.5 Å². The molecule has 4 aliphatic rings. The molecule has 9 nitrogen and oxygen atoms in total. The van der Waals surface area contributed by atoms with E-state index in [1.54, 1.807) is 4.90 Å². The van der Waals surface area contributed by atoms with Crippen molar-refractivity contribution < 1.29 is 23.4 Å². The predicted molar refractivity (Wildman–Crippen MR) is 158 cm³/mol. The van der Waals surface area contributed by atoms with E-state index in [1.807, 2.05) is 33.8 Å². The van der Waals surface area contributed by atoms with Gasteiger partial charge in [-0.15, -0.1) is 0 Å². The third kappa shape index (κ3) is 5.86. The zero-order chi connectivity index (χ0) is 28.9. The summed E-state index contributed by atoms with van der Waals surface area (Å²) >= 11 is 3.46. The summed E-state index contributed by atoms with van der Waals surface area (Å²) in [5.41, 5.74) is 0.776. The second-order valence-electron chi connectivity index (χ2n) is 13.1. The maximum absolute atomic E-state index is 15.7. The molecule has 41 heavy (non-hydrogen) atoms. The zero-order valence-corrected chi connectivity index (χ0v) is 26.1. The van der Waals surface area contributed by atoms with E-state index in [0.717, 1.165) is 81.8 Å². The molecular formula is C30H41BrFN5O4. The highest BCUT2D eigenvalue weighted by Gasteiger charge is 2.48. The van der Waals surface area contributed by atoms with Crippen molar-refractivity contribution in [2.75, 3.05) is 57.4 Å². The molecule has 0 radical (unpaired) electrons. The third-order valence-corrected chi connectivity index (χ3v) is 9.86. The number of rotatable bonds is 5. The number of aromatic nitrogens is 2. The van der Waals surface area contributed by atoms with Gasteiger partial charge >= 0.3 is 12.1 Å². The number of fused-ring (bicyclic) bond motifs is 1. The van der Waals surface area contributed by atoms with Crippen LogP contribution >= 0.6 is 15.9 Å². The summed E-state index contributed by atoms with van der Waals surface area (Å²) in [6, 6.07) is 2.78. The summed E-state index contributed by atoms with van der Waals surface area (Å²) in [5.74, 6) is 0.362. The van der Waals surface area contributed by atoms with Crippen LogP contribution in [0.2, 0.25) is 0 Å². The first-order chi connectivity index (χ1) is 19.5. The third-order valence-electron chi connectivity index (χ3n) is 9.00. The molecule has 1 spiro atoms. The molecule has 1 aromatic heterocycles. The molecular weight excluding hydrogens is 593 g/mol. The van der Waals surface area contributed by atoms with Crippen LogP contribution in [0.3, 0.4) is 0 Å². The summed E-state index contributed by atoms with van der Waals surface area (Å²) in [4.78, 5) is 28.5. The van der Waals surface area contributed by atoms with Crippen molar-refractivity contribution in [3.05, 3.63) is 21.9 Å². The summed E-state index contributed by atoms with van der Waals surface area (Å²) in [7, 11) is 0. The lowest BCUT2D eigenvalue weighted by Crippen LogP contribution is -2.62. The Kier molecular flexibility index (Phi) is 7.82. The molecule has 5 heterocycles. The molecule has 0 bridgehead atoms. The first kappa shape index (κ1) is 28.9. The Bertz CT molecular complexity index is 1290. The Labute approximate surface area is 249 Å². The lowest BCUT2D eigenvalue weighted by Gasteiger charge is -2.53. The van der Waals surface area contributed by atoms with Crippen LogP contribution in [0.25, 0.3) is 10.9 Å². The van der Waals surface area contributed by atoms with Crippen molar-refractivity contribution in [1.82, 2.24) is 19.8 Å². The fourth-order valence-corrected chi connectivity index (χ4v) is 7.02. The van der Waals surface area contributed by atoms with E-state index >= 15 is 4.39 Å². The van der Waals surface area contributed by atoms with Gasteiger partial charge in [0.25, 0.3) is 0 Å². The monoisotopic (exact) mass is 633 g/mol. The number of amides is 1. The number of carbonyl (C=O) groups is 1. The minimum absolute atomic E-state index is 0.00241. The number of aryl methyl sites for hydroxylation is 1. The Morgan fingerprint density at radius 3 is 2.41 bits per heavy atom. The fourth-order valence-electron chi connectivity index (χ4n) is 6.44. The van der Waals surface area contributed by atoms with Gasteiger partial charge in [0.2, 0.25) is 0 Å². The highest BCUT2D eigenvalue weighted by atomic mass is 79.9. The largest absolute Gasteiger partial charge is 0.460 e. The van der Waals surface area contributed by atoms with E-state index in [1.165, 1.54) is 0 Å². The highest BCUT2D eigenvalue weighted by Crippen LogP contribution is 2.43. The molecule has 0 aliphatic carbocycles. The van der Waals surface area contributed by atoms with Crippen LogP contribution in [0.5, 0.6) is 6.01 Å². The fraction of sp³-hybridized carbons (Fsp3) is 0.700. The number of hydrogen-bond donors (Lipinski definition) is 0. The van der Waals surface area contributed by atoms with Crippen LogP contribution in [0.4, 0.5) is 15.0 Å². The Balaban J connectivity index is 1.19. The molecule has 11 heteroatoms. The van der Waals surface area contributed by atoms with Gasteiger partial charge in [-0.2, -0.15) is 9.97 Å². The summed E-state index contributed by atoms with van der Waals surface area (Å²) < 4.78 is 33.4. The molecule has 4 saturated heterocycles.